The fraction of sp³-hybridized carbons (Fsp3) is 0.263. The van der Waals surface area contributed by atoms with Crippen LogP contribution >= 0.6 is 23.1 Å². The molecule has 0 saturated heterocycles. The van der Waals surface area contributed by atoms with Crippen molar-refractivity contribution in [1.29, 1.82) is 0 Å². The maximum atomic E-state index is 13.0. The maximum Gasteiger partial charge on any atom is 0.263 e. The van der Waals surface area contributed by atoms with Gasteiger partial charge in [0, 0.05) is 12.3 Å². The number of carbonyl (C=O) groups is 1. The molecule has 0 aliphatic rings. The van der Waals surface area contributed by atoms with E-state index in [2.05, 4.69) is 4.99 Å². The van der Waals surface area contributed by atoms with Gasteiger partial charge in [0.05, 0.1) is 15.1 Å². The number of hydrogen-bond donors (Lipinski definition) is 0. The SMILES string of the molecule is CSCCn1c(=NC(=O)CS(=O)(=O)c2ccc(F)cc2)sc2cc(C)ccc21. The van der Waals surface area contributed by atoms with E-state index in [1.807, 2.05) is 35.9 Å². The normalized spacial score (nSPS) is 12.6. The molecule has 0 N–H and O–H groups in total. The molecule has 0 saturated carbocycles. The number of sulfone groups is 1. The minimum absolute atomic E-state index is 0.0975. The molecule has 3 aromatic rings. The number of halogens is 1. The summed E-state index contributed by atoms with van der Waals surface area (Å²) >= 11 is 3.04. The van der Waals surface area contributed by atoms with Crippen LogP contribution in [0.1, 0.15) is 5.56 Å². The summed E-state index contributed by atoms with van der Waals surface area (Å²) in [6.07, 6.45) is 2.00. The molecule has 0 aliphatic carbocycles. The monoisotopic (exact) mass is 438 g/mol. The van der Waals surface area contributed by atoms with Gasteiger partial charge in [0.15, 0.2) is 14.6 Å². The Bertz CT molecular complexity index is 1180. The second kappa shape index (κ2) is 8.59. The molecule has 148 valence electrons. The smallest absolute Gasteiger partial charge is 0.263 e. The molecule has 5 nitrogen and oxygen atoms in total. The van der Waals surface area contributed by atoms with Crippen LogP contribution in [0.25, 0.3) is 10.2 Å². The van der Waals surface area contributed by atoms with E-state index in [1.165, 1.54) is 11.3 Å². The van der Waals surface area contributed by atoms with Crippen molar-refractivity contribution in [2.45, 2.75) is 18.4 Å². The Balaban J connectivity index is 1.96. The van der Waals surface area contributed by atoms with Crippen molar-refractivity contribution in [1.82, 2.24) is 4.57 Å². The summed E-state index contributed by atoms with van der Waals surface area (Å²) in [6.45, 7) is 2.66. The van der Waals surface area contributed by atoms with E-state index in [4.69, 9.17) is 0 Å². The first-order valence-corrected chi connectivity index (χ1v) is 12.3. The van der Waals surface area contributed by atoms with Crippen LogP contribution in [0.2, 0.25) is 0 Å². The molecular formula is C19H19FN2O3S3. The largest absolute Gasteiger partial charge is 0.316 e. The number of amides is 1. The second-order valence-corrected chi connectivity index (χ2v) is 10.2. The minimum atomic E-state index is -3.88. The number of rotatable bonds is 6. The Hall–Kier alpha value is -1.97. The highest BCUT2D eigenvalue weighted by Crippen LogP contribution is 2.19. The van der Waals surface area contributed by atoms with Gasteiger partial charge in [-0.25, -0.2) is 12.8 Å². The van der Waals surface area contributed by atoms with E-state index in [0.29, 0.717) is 11.3 Å². The summed E-state index contributed by atoms with van der Waals surface area (Å²) in [7, 11) is -3.88. The van der Waals surface area contributed by atoms with Gasteiger partial charge >= 0.3 is 0 Å². The van der Waals surface area contributed by atoms with Gasteiger partial charge in [-0.05, 0) is 55.1 Å². The zero-order valence-corrected chi connectivity index (χ0v) is 17.8. The lowest BCUT2D eigenvalue weighted by molar-refractivity contribution is -0.115. The fourth-order valence-electron chi connectivity index (χ4n) is 2.69. The quantitative estimate of drug-likeness (QED) is 0.553. The van der Waals surface area contributed by atoms with Crippen LogP contribution in [-0.2, 0) is 21.2 Å². The van der Waals surface area contributed by atoms with Crippen molar-refractivity contribution < 1.29 is 17.6 Å². The zero-order chi connectivity index (χ0) is 20.3. The third-order valence-corrected chi connectivity index (χ3v) is 7.31. The number of nitrogens with zero attached hydrogens (tertiary/aromatic N) is 2. The molecular weight excluding hydrogens is 419 g/mol. The lowest BCUT2D eigenvalue weighted by atomic mass is 10.2. The van der Waals surface area contributed by atoms with Crippen molar-refractivity contribution in [3.05, 3.63) is 58.6 Å². The summed E-state index contributed by atoms with van der Waals surface area (Å²) < 4.78 is 40.8. The standard InChI is InChI=1S/C19H19FN2O3S3/c1-13-3-8-16-17(11-13)27-19(22(16)9-10-26-2)21-18(23)12-28(24,25)15-6-4-14(20)5-7-15/h3-8,11H,9-10,12H2,1-2H3. The van der Waals surface area contributed by atoms with Crippen LogP contribution in [-0.4, -0.2) is 36.7 Å². The highest BCUT2D eigenvalue weighted by atomic mass is 32.2. The second-order valence-electron chi connectivity index (χ2n) is 6.22. The molecule has 1 aromatic heterocycles. The average molecular weight is 439 g/mol. The molecule has 28 heavy (non-hydrogen) atoms. The van der Waals surface area contributed by atoms with Gasteiger partial charge in [-0.15, -0.1) is 0 Å². The summed E-state index contributed by atoms with van der Waals surface area (Å²) in [5.41, 5.74) is 2.07. The molecule has 1 heterocycles. The fourth-order valence-corrected chi connectivity index (χ4v) is 5.34. The van der Waals surface area contributed by atoms with Gasteiger partial charge in [0.2, 0.25) is 0 Å². The van der Waals surface area contributed by atoms with Gasteiger partial charge in [-0.3, -0.25) is 4.79 Å². The topological polar surface area (TPSA) is 68.5 Å². The van der Waals surface area contributed by atoms with Crippen molar-refractivity contribution in [2.75, 3.05) is 17.8 Å². The summed E-state index contributed by atoms with van der Waals surface area (Å²) in [6, 6.07) is 10.4. The molecule has 9 heteroatoms. The maximum absolute atomic E-state index is 13.0. The molecule has 2 aromatic carbocycles. The van der Waals surface area contributed by atoms with Crippen LogP contribution < -0.4 is 4.80 Å². The molecule has 0 bridgehead atoms. The van der Waals surface area contributed by atoms with E-state index in [9.17, 15) is 17.6 Å². The van der Waals surface area contributed by atoms with E-state index < -0.39 is 27.3 Å². The first kappa shape index (κ1) is 20.8. The molecule has 3 rings (SSSR count). The minimum Gasteiger partial charge on any atom is -0.316 e. The zero-order valence-electron chi connectivity index (χ0n) is 15.4. The van der Waals surface area contributed by atoms with Gasteiger partial charge in [0.25, 0.3) is 5.91 Å². The number of aromatic nitrogens is 1. The molecule has 0 fully saturated rings. The molecule has 0 radical (unpaired) electrons. The Kier molecular flexibility index (Phi) is 6.36. The lowest BCUT2D eigenvalue weighted by Gasteiger charge is -2.04. The summed E-state index contributed by atoms with van der Waals surface area (Å²) in [5.74, 6) is -1.19. The van der Waals surface area contributed by atoms with Crippen LogP contribution in [0.5, 0.6) is 0 Å². The number of carbonyl (C=O) groups excluding carboxylic acids is 1. The highest BCUT2D eigenvalue weighted by molar-refractivity contribution is 7.98. The third kappa shape index (κ3) is 4.71. The predicted molar refractivity (Wildman–Crippen MR) is 112 cm³/mol. The highest BCUT2D eigenvalue weighted by Gasteiger charge is 2.19. The van der Waals surface area contributed by atoms with E-state index in [0.717, 1.165) is 45.8 Å². The van der Waals surface area contributed by atoms with Gasteiger partial charge < -0.3 is 4.57 Å². The summed E-state index contributed by atoms with van der Waals surface area (Å²) in [5, 5.41) is 0. The Morgan fingerprint density at radius 1 is 1.21 bits per heavy atom. The Morgan fingerprint density at radius 2 is 1.93 bits per heavy atom. The number of aryl methyl sites for hydroxylation is 2. The third-order valence-electron chi connectivity index (χ3n) is 4.06. The number of hydrogen-bond acceptors (Lipinski definition) is 5. The van der Waals surface area contributed by atoms with Crippen molar-refractivity contribution in [3.8, 4) is 0 Å². The predicted octanol–water partition coefficient (Wildman–Crippen LogP) is 3.41. The molecule has 1 amide bonds. The van der Waals surface area contributed by atoms with Gasteiger partial charge in [-0.2, -0.15) is 16.8 Å². The average Bonchev–Trinajstić information content (AvgIpc) is 2.95. The molecule has 0 atom stereocenters. The van der Waals surface area contributed by atoms with Crippen molar-refractivity contribution >= 4 is 49.1 Å². The number of benzene rings is 2. The first-order valence-electron chi connectivity index (χ1n) is 8.45. The lowest BCUT2D eigenvalue weighted by Crippen LogP contribution is -2.21. The van der Waals surface area contributed by atoms with E-state index in [-0.39, 0.29) is 4.90 Å². The van der Waals surface area contributed by atoms with Crippen LogP contribution in [0.15, 0.2) is 52.4 Å². The number of thioether (sulfide) groups is 1. The van der Waals surface area contributed by atoms with Crippen LogP contribution in [0, 0.1) is 12.7 Å². The number of thiazole rings is 1. The van der Waals surface area contributed by atoms with Gasteiger partial charge in [-0.1, -0.05) is 17.4 Å². The first-order chi connectivity index (χ1) is 13.3. The van der Waals surface area contributed by atoms with Crippen LogP contribution in [0.4, 0.5) is 4.39 Å². The van der Waals surface area contributed by atoms with Crippen molar-refractivity contribution in [3.63, 3.8) is 0 Å². The van der Waals surface area contributed by atoms with E-state index >= 15 is 0 Å². The Labute approximate surface area is 170 Å². The molecule has 0 aliphatic heterocycles. The van der Waals surface area contributed by atoms with Crippen LogP contribution in [0.3, 0.4) is 0 Å². The van der Waals surface area contributed by atoms with E-state index in [1.54, 1.807) is 11.8 Å². The number of fused-ring (bicyclic) bond motifs is 1. The molecule has 0 unspecified atom stereocenters. The van der Waals surface area contributed by atoms with Crippen molar-refractivity contribution in [2.24, 2.45) is 4.99 Å². The Morgan fingerprint density at radius 3 is 2.61 bits per heavy atom. The van der Waals surface area contributed by atoms with Gasteiger partial charge in [0.1, 0.15) is 11.6 Å². The summed E-state index contributed by atoms with van der Waals surface area (Å²) in [4.78, 5) is 16.9. The molecule has 0 spiro atoms.